The van der Waals surface area contributed by atoms with E-state index < -0.39 is 0 Å². The van der Waals surface area contributed by atoms with Gasteiger partial charge in [-0.2, -0.15) is 0 Å². The predicted octanol–water partition coefficient (Wildman–Crippen LogP) is 0.925. The SMILES string of the molecule is Cc1c(N)sc2c1C(=O)CNC2. The highest BCUT2D eigenvalue weighted by molar-refractivity contribution is 7.16. The van der Waals surface area contributed by atoms with Crippen LogP contribution in [0, 0.1) is 6.92 Å². The molecule has 0 unspecified atom stereocenters. The van der Waals surface area contributed by atoms with Crippen LogP contribution in [0.5, 0.6) is 0 Å². The van der Waals surface area contributed by atoms with Crippen molar-refractivity contribution in [2.45, 2.75) is 13.5 Å². The Morgan fingerprint density at radius 2 is 2.25 bits per heavy atom. The number of nitrogens with two attached hydrogens (primary N) is 1. The molecule has 12 heavy (non-hydrogen) atoms. The Morgan fingerprint density at radius 3 is 2.92 bits per heavy atom. The number of rotatable bonds is 0. The van der Waals surface area contributed by atoms with Gasteiger partial charge < -0.3 is 11.1 Å². The second-order valence-corrected chi connectivity index (χ2v) is 4.05. The van der Waals surface area contributed by atoms with Gasteiger partial charge in [-0.3, -0.25) is 4.79 Å². The smallest absolute Gasteiger partial charge is 0.178 e. The monoisotopic (exact) mass is 182 g/mol. The van der Waals surface area contributed by atoms with Crippen molar-refractivity contribution in [2.75, 3.05) is 12.3 Å². The van der Waals surface area contributed by atoms with E-state index in [2.05, 4.69) is 5.32 Å². The molecule has 0 radical (unpaired) electrons. The third kappa shape index (κ3) is 0.956. The van der Waals surface area contributed by atoms with Crippen LogP contribution in [-0.4, -0.2) is 12.3 Å². The van der Waals surface area contributed by atoms with E-state index in [1.54, 1.807) is 0 Å². The van der Waals surface area contributed by atoms with Gasteiger partial charge in [-0.15, -0.1) is 11.3 Å². The molecule has 1 aliphatic rings. The summed E-state index contributed by atoms with van der Waals surface area (Å²) in [5, 5.41) is 3.81. The molecule has 0 aromatic carbocycles. The van der Waals surface area contributed by atoms with Gasteiger partial charge in [0.05, 0.1) is 11.5 Å². The first-order chi connectivity index (χ1) is 5.70. The molecule has 0 aliphatic carbocycles. The minimum Gasteiger partial charge on any atom is -0.390 e. The fraction of sp³-hybridized carbons (Fsp3) is 0.375. The largest absolute Gasteiger partial charge is 0.390 e. The Kier molecular flexibility index (Phi) is 1.66. The zero-order valence-electron chi connectivity index (χ0n) is 6.81. The van der Waals surface area contributed by atoms with Gasteiger partial charge in [-0.25, -0.2) is 0 Å². The quantitative estimate of drug-likeness (QED) is 0.627. The van der Waals surface area contributed by atoms with Gasteiger partial charge in [0, 0.05) is 17.0 Å². The highest BCUT2D eigenvalue weighted by Crippen LogP contribution is 2.31. The molecule has 3 N–H and O–H groups in total. The van der Waals surface area contributed by atoms with Crippen molar-refractivity contribution in [2.24, 2.45) is 0 Å². The number of ketones is 1. The Balaban J connectivity index is 2.61. The van der Waals surface area contributed by atoms with Gasteiger partial charge in [0.2, 0.25) is 0 Å². The number of carbonyl (C=O) groups is 1. The fourth-order valence-corrected chi connectivity index (χ4v) is 2.52. The molecule has 0 spiro atoms. The normalized spacial score (nSPS) is 16.2. The van der Waals surface area contributed by atoms with Crippen LogP contribution in [0.3, 0.4) is 0 Å². The fourth-order valence-electron chi connectivity index (χ4n) is 1.46. The third-order valence-corrected chi connectivity index (χ3v) is 3.23. The highest BCUT2D eigenvalue weighted by Gasteiger charge is 2.22. The maximum atomic E-state index is 11.4. The number of hydrogen-bond donors (Lipinski definition) is 2. The van der Waals surface area contributed by atoms with Crippen LogP contribution in [-0.2, 0) is 6.54 Å². The molecule has 64 valence electrons. The summed E-state index contributed by atoms with van der Waals surface area (Å²) < 4.78 is 0. The van der Waals surface area contributed by atoms with Gasteiger partial charge in [0.15, 0.2) is 5.78 Å². The lowest BCUT2D eigenvalue weighted by Gasteiger charge is -2.11. The highest BCUT2D eigenvalue weighted by atomic mass is 32.1. The van der Waals surface area contributed by atoms with Crippen molar-refractivity contribution in [1.29, 1.82) is 0 Å². The Bertz CT molecular complexity index is 343. The first kappa shape index (κ1) is 7.76. The average molecular weight is 182 g/mol. The Hall–Kier alpha value is -0.870. The van der Waals surface area contributed by atoms with Crippen LogP contribution >= 0.6 is 11.3 Å². The number of nitrogens with one attached hydrogen (secondary N) is 1. The molecule has 4 heteroatoms. The van der Waals surface area contributed by atoms with Crippen molar-refractivity contribution in [3.05, 3.63) is 16.0 Å². The maximum Gasteiger partial charge on any atom is 0.178 e. The zero-order chi connectivity index (χ0) is 8.72. The van der Waals surface area contributed by atoms with Crippen molar-refractivity contribution in [3.63, 3.8) is 0 Å². The number of carbonyl (C=O) groups excluding carboxylic acids is 1. The number of fused-ring (bicyclic) bond motifs is 1. The first-order valence-corrected chi connectivity index (χ1v) is 4.63. The Labute approximate surface area is 74.6 Å². The molecule has 0 fully saturated rings. The third-order valence-electron chi connectivity index (χ3n) is 2.11. The van der Waals surface area contributed by atoms with Crippen LogP contribution in [0.15, 0.2) is 0 Å². The van der Waals surface area contributed by atoms with Gasteiger partial charge in [-0.1, -0.05) is 0 Å². The summed E-state index contributed by atoms with van der Waals surface area (Å²) in [6, 6.07) is 0. The lowest BCUT2D eigenvalue weighted by Crippen LogP contribution is -2.28. The summed E-state index contributed by atoms with van der Waals surface area (Å²) in [7, 11) is 0. The van der Waals surface area contributed by atoms with Crippen molar-refractivity contribution in [3.8, 4) is 0 Å². The molecular formula is C8H10N2OS. The van der Waals surface area contributed by atoms with E-state index in [9.17, 15) is 4.79 Å². The summed E-state index contributed by atoms with van der Waals surface area (Å²) in [4.78, 5) is 12.5. The standard InChI is InChI=1S/C8H10N2OS/c1-4-7-5(11)2-10-3-6(7)12-8(4)9/h10H,2-3,9H2,1H3. The second-order valence-electron chi connectivity index (χ2n) is 2.92. The van der Waals surface area contributed by atoms with Gasteiger partial charge in [0.25, 0.3) is 0 Å². The van der Waals surface area contributed by atoms with E-state index >= 15 is 0 Å². The summed E-state index contributed by atoms with van der Waals surface area (Å²) in [6.07, 6.45) is 0. The van der Waals surface area contributed by atoms with E-state index in [0.717, 1.165) is 27.5 Å². The van der Waals surface area contributed by atoms with Crippen LogP contribution in [0.2, 0.25) is 0 Å². The van der Waals surface area contributed by atoms with Crippen molar-refractivity contribution < 1.29 is 4.79 Å². The minimum atomic E-state index is 0.168. The Morgan fingerprint density at radius 1 is 1.50 bits per heavy atom. The van der Waals surface area contributed by atoms with E-state index in [-0.39, 0.29) is 5.78 Å². The molecule has 1 aliphatic heterocycles. The molecule has 2 heterocycles. The average Bonchev–Trinajstić information content (AvgIpc) is 2.29. The van der Waals surface area contributed by atoms with Crippen LogP contribution in [0.1, 0.15) is 20.8 Å². The summed E-state index contributed by atoms with van der Waals surface area (Å²) >= 11 is 1.51. The van der Waals surface area contributed by atoms with Crippen molar-refractivity contribution >= 4 is 22.1 Å². The molecule has 1 aromatic rings. The van der Waals surface area contributed by atoms with Crippen LogP contribution < -0.4 is 11.1 Å². The summed E-state index contributed by atoms with van der Waals surface area (Å²) in [5.41, 5.74) is 7.54. The van der Waals surface area contributed by atoms with Gasteiger partial charge in [-0.05, 0) is 12.5 Å². The number of nitrogen functional groups attached to an aromatic ring is 1. The molecule has 0 saturated heterocycles. The maximum absolute atomic E-state index is 11.4. The van der Waals surface area contributed by atoms with E-state index in [0.29, 0.717) is 6.54 Å². The zero-order valence-corrected chi connectivity index (χ0v) is 7.62. The van der Waals surface area contributed by atoms with E-state index in [4.69, 9.17) is 5.73 Å². The molecule has 3 nitrogen and oxygen atoms in total. The number of hydrogen-bond acceptors (Lipinski definition) is 4. The van der Waals surface area contributed by atoms with Crippen LogP contribution in [0.25, 0.3) is 0 Å². The molecule has 0 saturated carbocycles. The minimum absolute atomic E-state index is 0.168. The number of anilines is 1. The molecule has 2 rings (SSSR count). The summed E-state index contributed by atoms with van der Waals surface area (Å²) in [5.74, 6) is 0.168. The first-order valence-electron chi connectivity index (χ1n) is 3.82. The predicted molar refractivity (Wildman–Crippen MR) is 49.5 cm³/mol. The van der Waals surface area contributed by atoms with E-state index in [1.807, 2.05) is 6.92 Å². The number of Topliss-reactive ketones (excluding diaryl/α,β-unsaturated/α-hetero) is 1. The van der Waals surface area contributed by atoms with Gasteiger partial charge >= 0.3 is 0 Å². The molecule has 0 bridgehead atoms. The molecule has 0 atom stereocenters. The topological polar surface area (TPSA) is 55.1 Å². The van der Waals surface area contributed by atoms with Crippen molar-refractivity contribution in [1.82, 2.24) is 5.32 Å². The lowest BCUT2D eigenvalue weighted by molar-refractivity contribution is 0.0983. The number of thiophene rings is 1. The molecule has 1 aromatic heterocycles. The van der Waals surface area contributed by atoms with Crippen LogP contribution in [0.4, 0.5) is 5.00 Å². The van der Waals surface area contributed by atoms with Gasteiger partial charge in [0.1, 0.15) is 0 Å². The van der Waals surface area contributed by atoms with E-state index in [1.165, 1.54) is 11.3 Å². The summed E-state index contributed by atoms with van der Waals surface area (Å²) in [6.45, 7) is 3.14. The molecular weight excluding hydrogens is 172 g/mol. The lowest BCUT2D eigenvalue weighted by atomic mass is 10.0. The second kappa shape index (κ2) is 2.57. The molecule has 0 amide bonds.